The first-order valence-corrected chi connectivity index (χ1v) is 7.32. The van der Waals surface area contributed by atoms with Crippen LogP contribution < -0.4 is 11.1 Å². The van der Waals surface area contributed by atoms with Crippen molar-refractivity contribution in [1.82, 2.24) is 0 Å². The third-order valence-corrected chi connectivity index (χ3v) is 3.84. The largest absolute Gasteiger partial charge is 0.398 e. The maximum Gasteiger partial charge on any atom is 0.224 e. The van der Waals surface area contributed by atoms with E-state index in [2.05, 4.69) is 19.2 Å². The van der Waals surface area contributed by atoms with Crippen LogP contribution in [-0.4, -0.2) is 16.9 Å². The van der Waals surface area contributed by atoms with Crippen molar-refractivity contribution >= 4 is 29.0 Å². The molecular formula is C14H22N2OS. The molecule has 0 saturated carbocycles. The monoisotopic (exact) mass is 266 g/mol. The number of carbonyl (C=O) groups excluding carboxylic acids is 1. The summed E-state index contributed by atoms with van der Waals surface area (Å²) in [6, 6.07) is 5.57. The van der Waals surface area contributed by atoms with Crippen molar-refractivity contribution in [3.05, 3.63) is 23.8 Å². The van der Waals surface area contributed by atoms with Crippen LogP contribution in [0.1, 0.15) is 32.3 Å². The van der Waals surface area contributed by atoms with Gasteiger partial charge in [0.05, 0.1) is 0 Å². The fraction of sp³-hybridized carbons (Fsp3) is 0.500. The van der Waals surface area contributed by atoms with E-state index in [9.17, 15) is 4.79 Å². The minimum absolute atomic E-state index is 0.0630. The molecule has 4 heteroatoms. The number of thioether (sulfide) groups is 1. The maximum absolute atomic E-state index is 11.8. The predicted molar refractivity (Wildman–Crippen MR) is 81.0 cm³/mol. The number of rotatable bonds is 6. The SMILES string of the molecule is Cc1c(N)cccc1NC(=O)CCCSC(C)C. The van der Waals surface area contributed by atoms with Gasteiger partial charge in [-0.25, -0.2) is 0 Å². The summed E-state index contributed by atoms with van der Waals surface area (Å²) in [6.07, 6.45) is 1.48. The average molecular weight is 266 g/mol. The Labute approximate surface area is 114 Å². The highest BCUT2D eigenvalue weighted by Crippen LogP contribution is 2.20. The number of hydrogen-bond acceptors (Lipinski definition) is 3. The van der Waals surface area contributed by atoms with E-state index in [4.69, 9.17) is 5.73 Å². The molecule has 18 heavy (non-hydrogen) atoms. The van der Waals surface area contributed by atoms with Gasteiger partial charge in [-0.3, -0.25) is 4.79 Å². The molecule has 0 spiro atoms. The van der Waals surface area contributed by atoms with E-state index < -0.39 is 0 Å². The van der Waals surface area contributed by atoms with Gasteiger partial charge in [-0.2, -0.15) is 11.8 Å². The normalized spacial score (nSPS) is 10.7. The van der Waals surface area contributed by atoms with Gasteiger partial charge in [0.1, 0.15) is 0 Å². The first-order chi connectivity index (χ1) is 8.50. The number of amides is 1. The van der Waals surface area contributed by atoms with Crippen LogP contribution in [0.25, 0.3) is 0 Å². The molecule has 3 N–H and O–H groups in total. The van der Waals surface area contributed by atoms with E-state index in [1.165, 1.54) is 0 Å². The number of hydrogen-bond donors (Lipinski definition) is 2. The topological polar surface area (TPSA) is 55.1 Å². The molecule has 3 nitrogen and oxygen atoms in total. The molecule has 0 unspecified atom stereocenters. The molecule has 0 aliphatic heterocycles. The van der Waals surface area contributed by atoms with E-state index in [-0.39, 0.29) is 5.91 Å². The van der Waals surface area contributed by atoms with Gasteiger partial charge in [0.25, 0.3) is 0 Å². The van der Waals surface area contributed by atoms with Crippen molar-refractivity contribution in [2.45, 2.75) is 38.9 Å². The van der Waals surface area contributed by atoms with Crippen molar-refractivity contribution in [3.8, 4) is 0 Å². The van der Waals surface area contributed by atoms with E-state index in [1.54, 1.807) is 0 Å². The molecule has 1 aromatic carbocycles. The summed E-state index contributed by atoms with van der Waals surface area (Å²) in [5.74, 6) is 1.09. The predicted octanol–water partition coefficient (Wildman–Crippen LogP) is 3.44. The summed E-state index contributed by atoms with van der Waals surface area (Å²) in [5, 5.41) is 3.54. The van der Waals surface area contributed by atoms with Crippen molar-refractivity contribution in [2.75, 3.05) is 16.8 Å². The number of anilines is 2. The van der Waals surface area contributed by atoms with Crippen LogP contribution >= 0.6 is 11.8 Å². The Bertz CT molecular complexity index is 405. The Hall–Kier alpha value is -1.16. The molecule has 0 aliphatic rings. The Balaban J connectivity index is 2.38. The molecule has 1 aromatic rings. The van der Waals surface area contributed by atoms with Crippen LogP contribution in [-0.2, 0) is 4.79 Å². The number of benzene rings is 1. The van der Waals surface area contributed by atoms with Crippen LogP contribution in [0.15, 0.2) is 18.2 Å². The van der Waals surface area contributed by atoms with Gasteiger partial charge in [-0.05, 0) is 42.0 Å². The maximum atomic E-state index is 11.8. The summed E-state index contributed by atoms with van der Waals surface area (Å²) in [7, 11) is 0. The molecule has 100 valence electrons. The van der Waals surface area contributed by atoms with Crippen LogP contribution in [0.3, 0.4) is 0 Å². The molecular weight excluding hydrogens is 244 g/mol. The zero-order valence-electron chi connectivity index (χ0n) is 11.3. The van der Waals surface area contributed by atoms with Crippen LogP contribution in [0.2, 0.25) is 0 Å². The Morgan fingerprint density at radius 3 is 2.83 bits per heavy atom. The zero-order valence-corrected chi connectivity index (χ0v) is 12.1. The molecule has 0 bridgehead atoms. The molecule has 1 rings (SSSR count). The summed E-state index contributed by atoms with van der Waals surface area (Å²) in [4.78, 5) is 11.8. The van der Waals surface area contributed by atoms with Gasteiger partial charge in [0.15, 0.2) is 0 Å². The third-order valence-electron chi connectivity index (χ3n) is 2.65. The highest BCUT2D eigenvalue weighted by Gasteiger charge is 2.06. The van der Waals surface area contributed by atoms with Gasteiger partial charge < -0.3 is 11.1 Å². The fourth-order valence-corrected chi connectivity index (χ4v) is 2.34. The summed E-state index contributed by atoms with van der Waals surface area (Å²) < 4.78 is 0. The van der Waals surface area contributed by atoms with Crippen molar-refractivity contribution in [3.63, 3.8) is 0 Å². The van der Waals surface area contributed by atoms with Crippen molar-refractivity contribution < 1.29 is 4.79 Å². The minimum Gasteiger partial charge on any atom is -0.398 e. The Kier molecular flexibility index (Phi) is 6.05. The summed E-state index contributed by atoms with van der Waals surface area (Å²) in [5.41, 5.74) is 8.26. The van der Waals surface area contributed by atoms with Gasteiger partial charge in [-0.1, -0.05) is 19.9 Å². The van der Waals surface area contributed by atoms with E-state index >= 15 is 0 Å². The first-order valence-electron chi connectivity index (χ1n) is 6.27. The minimum atomic E-state index is 0.0630. The zero-order chi connectivity index (χ0) is 13.5. The highest BCUT2D eigenvalue weighted by molar-refractivity contribution is 7.99. The fourth-order valence-electron chi connectivity index (χ4n) is 1.55. The number of nitrogens with one attached hydrogen (secondary N) is 1. The molecule has 0 saturated heterocycles. The van der Waals surface area contributed by atoms with Crippen LogP contribution in [0.4, 0.5) is 11.4 Å². The smallest absolute Gasteiger partial charge is 0.224 e. The number of nitrogens with two attached hydrogens (primary N) is 1. The second kappa shape index (κ2) is 7.31. The van der Waals surface area contributed by atoms with Crippen molar-refractivity contribution in [1.29, 1.82) is 0 Å². The van der Waals surface area contributed by atoms with Gasteiger partial charge in [0.2, 0.25) is 5.91 Å². The van der Waals surface area contributed by atoms with E-state index in [0.717, 1.165) is 23.4 Å². The van der Waals surface area contributed by atoms with Crippen molar-refractivity contribution in [2.24, 2.45) is 0 Å². The Morgan fingerprint density at radius 1 is 1.44 bits per heavy atom. The van der Waals surface area contributed by atoms with E-state index in [1.807, 2.05) is 36.9 Å². The number of carbonyl (C=O) groups is 1. The van der Waals surface area contributed by atoms with Crippen LogP contribution in [0, 0.1) is 6.92 Å². The molecule has 0 aromatic heterocycles. The quantitative estimate of drug-likeness (QED) is 0.612. The molecule has 0 atom stereocenters. The molecule has 0 aliphatic carbocycles. The van der Waals surface area contributed by atoms with Gasteiger partial charge in [0, 0.05) is 17.8 Å². The van der Waals surface area contributed by atoms with Gasteiger partial charge in [-0.15, -0.1) is 0 Å². The number of nitrogen functional groups attached to an aromatic ring is 1. The molecule has 0 radical (unpaired) electrons. The lowest BCUT2D eigenvalue weighted by Crippen LogP contribution is -2.13. The van der Waals surface area contributed by atoms with Crippen LogP contribution in [0.5, 0.6) is 0 Å². The average Bonchev–Trinajstić information content (AvgIpc) is 2.30. The summed E-state index contributed by atoms with van der Waals surface area (Å²) >= 11 is 1.89. The molecule has 0 heterocycles. The second-order valence-electron chi connectivity index (χ2n) is 4.59. The lowest BCUT2D eigenvalue weighted by atomic mass is 10.1. The molecule has 1 amide bonds. The van der Waals surface area contributed by atoms with Gasteiger partial charge >= 0.3 is 0 Å². The molecule has 0 fully saturated rings. The van der Waals surface area contributed by atoms with E-state index in [0.29, 0.717) is 17.4 Å². The second-order valence-corrected chi connectivity index (χ2v) is 6.28. The first kappa shape index (κ1) is 14.9. The lowest BCUT2D eigenvalue weighted by molar-refractivity contribution is -0.116. The third kappa shape index (κ3) is 5.00. The lowest BCUT2D eigenvalue weighted by Gasteiger charge is -2.10. The standard InChI is InChI=1S/C14H22N2OS/c1-10(2)18-9-5-8-14(17)16-13-7-4-6-12(15)11(13)3/h4,6-7,10H,5,8-9,15H2,1-3H3,(H,16,17). The Morgan fingerprint density at radius 2 is 2.17 bits per heavy atom. The highest BCUT2D eigenvalue weighted by atomic mass is 32.2. The summed E-state index contributed by atoms with van der Waals surface area (Å²) in [6.45, 7) is 6.25.